The molecular weight excluding hydrogens is 439 g/mol. The Hall–Kier alpha value is -0.800. The number of rotatable bonds is 7. The molecule has 1 heterocycles. The fourth-order valence-corrected chi connectivity index (χ4v) is 3.58. The Kier molecular flexibility index (Phi) is 10.3. The van der Waals surface area contributed by atoms with Gasteiger partial charge in [-0.15, -0.1) is 35.3 Å². The molecule has 1 aromatic heterocycles. The normalized spacial score (nSPS) is 11.0. The number of hydrogen-bond acceptors (Lipinski definition) is 4. The lowest BCUT2D eigenvalue weighted by Crippen LogP contribution is -2.37. The molecule has 23 heavy (non-hydrogen) atoms. The van der Waals surface area contributed by atoms with Crippen molar-refractivity contribution < 1.29 is 0 Å². The molecule has 0 saturated carbocycles. The Morgan fingerprint density at radius 1 is 1.30 bits per heavy atom. The maximum Gasteiger partial charge on any atom is 0.191 e. The van der Waals surface area contributed by atoms with Crippen LogP contribution in [0, 0.1) is 6.92 Å². The number of benzene rings is 1. The molecule has 2 rings (SSSR count). The van der Waals surface area contributed by atoms with Gasteiger partial charge in [0, 0.05) is 37.5 Å². The van der Waals surface area contributed by atoms with Crippen LogP contribution in [0.4, 0.5) is 0 Å². The first-order valence-electron chi connectivity index (χ1n) is 7.31. The van der Waals surface area contributed by atoms with Crippen LogP contribution in [0.3, 0.4) is 0 Å². The number of aromatic nitrogens is 1. The molecule has 0 amide bonds. The van der Waals surface area contributed by atoms with Gasteiger partial charge in [0.2, 0.25) is 0 Å². The minimum atomic E-state index is 0. The van der Waals surface area contributed by atoms with E-state index in [1.165, 1.54) is 11.1 Å². The van der Waals surface area contributed by atoms with E-state index in [0.717, 1.165) is 35.6 Å². The van der Waals surface area contributed by atoms with Gasteiger partial charge in [-0.2, -0.15) is 0 Å². The first kappa shape index (κ1) is 20.2. The molecule has 0 fully saturated rings. The van der Waals surface area contributed by atoms with Gasteiger partial charge >= 0.3 is 0 Å². The Bertz CT molecular complexity index is 588. The van der Waals surface area contributed by atoms with Gasteiger partial charge < -0.3 is 10.6 Å². The van der Waals surface area contributed by atoms with Crippen LogP contribution >= 0.6 is 47.1 Å². The first-order valence-corrected chi connectivity index (χ1v) is 9.17. The van der Waals surface area contributed by atoms with Gasteiger partial charge in [0.1, 0.15) is 4.34 Å². The van der Waals surface area contributed by atoms with E-state index in [9.17, 15) is 0 Å². The number of aryl methyl sites for hydroxylation is 1. The topological polar surface area (TPSA) is 49.3 Å². The number of halogens is 1. The Labute approximate surface area is 163 Å². The van der Waals surface area contributed by atoms with Crippen LogP contribution in [0.2, 0.25) is 0 Å². The molecule has 7 heteroatoms. The monoisotopic (exact) mass is 462 g/mol. The molecule has 0 atom stereocenters. The molecule has 0 aliphatic heterocycles. The summed E-state index contributed by atoms with van der Waals surface area (Å²) in [6.07, 6.45) is 2.93. The van der Waals surface area contributed by atoms with Crippen molar-refractivity contribution in [3.05, 3.63) is 47.0 Å². The summed E-state index contributed by atoms with van der Waals surface area (Å²) in [6, 6.07) is 8.39. The van der Waals surface area contributed by atoms with E-state index in [2.05, 4.69) is 51.8 Å². The number of thiazole rings is 1. The lowest BCUT2D eigenvalue weighted by Gasteiger charge is -2.12. The van der Waals surface area contributed by atoms with Crippen molar-refractivity contribution >= 4 is 53.0 Å². The number of nitrogens with one attached hydrogen (secondary N) is 2. The fourth-order valence-electron chi connectivity index (χ4n) is 1.93. The third-order valence-electron chi connectivity index (χ3n) is 3.18. The molecular formula is C16H23IN4S2. The van der Waals surface area contributed by atoms with Crippen molar-refractivity contribution in [2.75, 3.05) is 19.3 Å². The van der Waals surface area contributed by atoms with E-state index in [0.29, 0.717) is 0 Å². The van der Waals surface area contributed by atoms with Gasteiger partial charge in [0.25, 0.3) is 0 Å². The summed E-state index contributed by atoms with van der Waals surface area (Å²) in [6.45, 7) is 3.83. The molecule has 0 unspecified atom stereocenters. The van der Waals surface area contributed by atoms with E-state index in [-0.39, 0.29) is 24.0 Å². The quantitative estimate of drug-likeness (QED) is 0.215. The molecule has 4 nitrogen and oxygen atoms in total. The third kappa shape index (κ3) is 7.54. The zero-order valence-electron chi connectivity index (χ0n) is 13.4. The van der Waals surface area contributed by atoms with E-state index in [1.807, 2.05) is 11.6 Å². The van der Waals surface area contributed by atoms with Gasteiger partial charge in [0.15, 0.2) is 5.96 Å². The highest BCUT2D eigenvalue weighted by atomic mass is 127. The van der Waals surface area contributed by atoms with Gasteiger partial charge in [-0.25, -0.2) is 4.98 Å². The molecule has 0 bridgehead atoms. The maximum atomic E-state index is 4.26. The second kappa shape index (κ2) is 11.7. The van der Waals surface area contributed by atoms with Crippen molar-refractivity contribution in [2.45, 2.75) is 24.2 Å². The minimum absolute atomic E-state index is 0. The number of guanidine groups is 1. The number of aliphatic imine (C=N–C) groups is 1. The zero-order valence-corrected chi connectivity index (χ0v) is 17.4. The van der Waals surface area contributed by atoms with E-state index < -0.39 is 0 Å². The second-order valence-electron chi connectivity index (χ2n) is 4.78. The van der Waals surface area contributed by atoms with Crippen molar-refractivity contribution in [3.63, 3.8) is 0 Å². The van der Waals surface area contributed by atoms with Crippen molar-refractivity contribution in [3.8, 4) is 0 Å². The van der Waals surface area contributed by atoms with Crippen LogP contribution in [0.15, 0.2) is 45.2 Å². The Balaban J connectivity index is 0.00000264. The van der Waals surface area contributed by atoms with Crippen LogP contribution in [0.5, 0.6) is 0 Å². The summed E-state index contributed by atoms with van der Waals surface area (Å²) < 4.78 is 1.14. The molecule has 0 aliphatic rings. The van der Waals surface area contributed by atoms with E-state index in [1.54, 1.807) is 30.1 Å². The average Bonchev–Trinajstić information content (AvgIpc) is 3.05. The van der Waals surface area contributed by atoms with Gasteiger partial charge in [-0.05, 0) is 24.5 Å². The molecule has 0 saturated heterocycles. The largest absolute Gasteiger partial charge is 0.356 e. The molecule has 2 N–H and O–H groups in total. The lowest BCUT2D eigenvalue weighted by molar-refractivity contribution is 0.783. The van der Waals surface area contributed by atoms with Crippen LogP contribution in [-0.4, -0.2) is 30.3 Å². The minimum Gasteiger partial charge on any atom is -0.356 e. The summed E-state index contributed by atoms with van der Waals surface area (Å²) in [5, 5.41) is 8.71. The number of hydrogen-bond donors (Lipinski definition) is 2. The van der Waals surface area contributed by atoms with E-state index >= 15 is 0 Å². The predicted octanol–water partition coefficient (Wildman–Crippen LogP) is 3.92. The van der Waals surface area contributed by atoms with Crippen molar-refractivity contribution in [2.24, 2.45) is 4.99 Å². The number of nitrogens with zero attached hydrogens (tertiary/aromatic N) is 2. The zero-order chi connectivity index (χ0) is 15.6. The molecule has 1 aromatic carbocycles. The highest BCUT2D eigenvalue weighted by Crippen LogP contribution is 2.20. The third-order valence-corrected chi connectivity index (χ3v) is 5.23. The number of thioether (sulfide) groups is 1. The Morgan fingerprint density at radius 3 is 2.83 bits per heavy atom. The highest BCUT2D eigenvalue weighted by molar-refractivity contribution is 14.0. The maximum absolute atomic E-state index is 4.26. The van der Waals surface area contributed by atoms with E-state index in [4.69, 9.17) is 0 Å². The standard InChI is InChI=1S/C16H22N4S2.HI/c1-13-6-3-4-7-14(13)12-20-15(17-2)18-8-5-10-21-16-19-9-11-22-16;/h3-4,6-7,9,11H,5,8,10,12H2,1-2H3,(H2,17,18,20);1H. The average molecular weight is 462 g/mol. The fraction of sp³-hybridized carbons (Fsp3) is 0.375. The first-order chi connectivity index (χ1) is 10.8. The van der Waals surface area contributed by atoms with Crippen LogP contribution in [-0.2, 0) is 6.54 Å². The SMILES string of the molecule is CN=C(NCCCSc1nccs1)NCc1ccccc1C.I. The van der Waals surface area contributed by atoms with Crippen LogP contribution in [0.25, 0.3) is 0 Å². The molecule has 0 radical (unpaired) electrons. The lowest BCUT2D eigenvalue weighted by atomic mass is 10.1. The van der Waals surface area contributed by atoms with Gasteiger partial charge in [-0.1, -0.05) is 36.0 Å². The van der Waals surface area contributed by atoms with Gasteiger partial charge in [-0.3, -0.25) is 4.99 Å². The van der Waals surface area contributed by atoms with Crippen LogP contribution in [0.1, 0.15) is 17.5 Å². The molecule has 126 valence electrons. The van der Waals surface area contributed by atoms with Crippen molar-refractivity contribution in [1.82, 2.24) is 15.6 Å². The summed E-state index contributed by atoms with van der Waals surface area (Å²) in [5.74, 6) is 1.91. The molecule has 0 spiro atoms. The summed E-state index contributed by atoms with van der Waals surface area (Å²) >= 11 is 3.50. The smallest absolute Gasteiger partial charge is 0.191 e. The second-order valence-corrected chi connectivity index (χ2v) is 7.02. The predicted molar refractivity (Wildman–Crippen MR) is 112 cm³/mol. The van der Waals surface area contributed by atoms with Gasteiger partial charge in [0.05, 0.1) is 0 Å². The summed E-state index contributed by atoms with van der Waals surface area (Å²) in [7, 11) is 1.80. The molecule has 0 aliphatic carbocycles. The Morgan fingerprint density at radius 2 is 2.13 bits per heavy atom. The molecule has 2 aromatic rings. The van der Waals surface area contributed by atoms with Crippen LogP contribution < -0.4 is 10.6 Å². The van der Waals surface area contributed by atoms with Crippen molar-refractivity contribution in [1.29, 1.82) is 0 Å². The highest BCUT2D eigenvalue weighted by Gasteiger charge is 2.01. The summed E-state index contributed by atoms with van der Waals surface area (Å²) in [4.78, 5) is 8.52. The summed E-state index contributed by atoms with van der Waals surface area (Å²) in [5.41, 5.74) is 2.59.